The number of benzene rings is 2. The van der Waals surface area contributed by atoms with Crippen molar-refractivity contribution < 1.29 is 9.84 Å². The maximum absolute atomic E-state index is 10.5. The molecule has 0 fully saturated rings. The molecule has 0 aliphatic heterocycles. The van der Waals surface area contributed by atoms with Gasteiger partial charge in [0.05, 0.1) is 0 Å². The van der Waals surface area contributed by atoms with Crippen molar-refractivity contribution in [3.05, 3.63) is 82.0 Å². The predicted octanol–water partition coefficient (Wildman–Crippen LogP) is 4.93. The highest BCUT2D eigenvalue weighted by atomic mass is 32.1. The molecule has 21 heavy (non-hydrogen) atoms. The Morgan fingerprint density at radius 2 is 1.71 bits per heavy atom. The maximum Gasteiger partial charge on any atom is 0.127 e. The first-order valence-electron chi connectivity index (χ1n) is 6.79. The van der Waals surface area contributed by atoms with Gasteiger partial charge < -0.3 is 9.84 Å². The fourth-order valence-corrected chi connectivity index (χ4v) is 3.13. The average molecular weight is 296 g/mol. The summed E-state index contributed by atoms with van der Waals surface area (Å²) in [5.41, 5.74) is 1.95. The Morgan fingerprint density at radius 1 is 0.952 bits per heavy atom. The molecule has 1 unspecified atom stereocenters. The van der Waals surface area contributed by atoms with Crippen LogP contribution < -0.4 is 4.74 Å². The summed E-state index contributed by atoms with van der Waals surface area (Å²) in [6.45, 7) is 2.01. The fraction of sp³-hybridized carbons (Fsp3) is 0.111. The SMILES string of the molecule is Cc1ccsc1C(O)c1cccc(Oc2ccccc2)c1. The van der Waals surface area contributed by atoms with Crippen LogP contribution in [0, 0.1) is 6.92 Å². The van der Waals surface area contributed by atoms with E-state index in [1.165, 1.54) is 0 Å². The molecule has 0 saturated carbocycles. The molecule has 3 rings (SSSR count). The van der Waals surface area contributed by atoms with Gasteiger partial charge in [0.2, 0.25) is 0 Å². The molecule has 0 bridgehead atoms. The molecule has 1 heterocycles. The minimum atomic E-state index is -0.607. The Morgan fingerprint density at radius 3 is 2.43 bits per heavy atom. The third kappa shape index (κ3) is 3.15. The molecular formula is C18H16O2S. The molecule has 0 saturated heterocycles. The number of para-hydroxylation sites is 1. The second-order valence-corrected chi connectivity index (χ2v) is 5.81. The fourth-order valence-electron chi connectivity index (χ4n) is 2.19. The molecule has 3 aromatic rings. The highest BCUT2D eigenvalue weighted by Gasteiger charge is 2.14. The van der Waals surface area contributed by atoms with Crippen LogP contribution in [0.15, 0.2) is 66.0 Å². The lowest BCUT2D eigenvalue weighted by molar-refractivity contribution is 0.223. The molecular weight excluding hydrogens is 280 g/mol. The summed E-state index contributed by atoms with van der Waals surface area (Å²) in [6.07, 6.45) is -0.607. The lowest BCUT2D eigenvalue weighted by Gasteiger charge is -2.12. The van der Waals surface area contributed by atoms with E-state index in [2.05, 4.69) is 0 Å². The summed E-state index contributed by atoms with van der Waals surface area (Å²) < 4.78 is 5.81. The number of hydrogen-bond donors (Lipinski definition) is 1. The van der Waals surface area contributed by atoms with Crippen molar-refractivity contribution in [1.29, 1.82) is 0 Å². The molecule has 0 radical (unpaired) electrons. The molecule has 3 heteroatoms. The second kappa shape index (κ2) is 6.12. The van der Waals surface area contributed by atoms with Gasteiger partial charge >= 0.3 is 0 Å². The lowest BCUT2D eigenvalue weighted by Crippen LogP contribution is -1.99. The molecule has 1 N–H and O–H groups in total. The van der Waals surface area contributed by atoms with Crippen LogP contribution in [0.2, 0.25) is 0 Å². The van der Waals surface area contributed by atoms with E-state index >= 15 is 0 Å². The number of ether oxygens (including phenoxy) is 1. The molecule has 0 spiro atoms. The van der Waals surface area contributed by atoms with Gasteiger partial charge in [-0.1, -0.05) is 30.3 Å². The van der Waals surface area contributed by atoms with Gasteiger partial charge in [0.1, 0.15) is 17.6 Å². The number of rotatable bonds is 4. The number of hydrogen-bond acceptors (Lipinski definition) is 3. The Kier molecular flexibility index (Phi) is 4.04. The van der Waals surface area contributed by atoms with E-state index < -0.39 is 6.10 Å². The zero-order valence-corrected chi connectivity index (χ0v) is 12.5. The molecule has 2 aromatic carbocycles. The van der Waals surface area contributed by atoms with Crippen LogP contribution in [0.3, 0.4) is 0 Å². The highest BCUT2D eigenvalue weighted by Crippen LogP contribution is 2.31. The molecule has 0 aliphatic rings. The normalized spacial score (nSPS) is 12.1. The Hall–Kier alpha value is -2.10. The first-order chi connectivity index (χ1) is 10.2. The van der Waals surface area contributed by atoms with Crippen LogP contribution in [0.5, 0.6) is 11.5 Å². The summed E-state index contributed by atoms with van der Waals surface area (Å²) >= 11 is 1.57. The van der Waals surface area contributed by atoms with E-state index in [0.717, 1.165) is 27.5 Å². The van der Waals surface area contributed by atoms with E-state index in [1.54, 1.807) is 11.3 Å². The van der Waals surface area contributed by atoms with Crippen LogP contribution in [0.1, 0.15) is 22.1 Å². The average Bonchev–Trinajstić information content (AvgIpc) is 2.94. The van der Waals surface area contributed by atoms with E-state index in [9.17, 15) is 5.11 Å². The third-order valence-corrected chi connectivity index (χ3v) is 4.37. The minimum Gasteiger partial charge on any atom is -0.457 e. The summed E-state index contributed by atoms with van der Waals surface area (Å²) in [6, 6.07) is 19.3. The second-order valence-electron chi connectivity index (χ2n) is 4.86. The van der Waals surface area contributed by atoms with Crippen molar-refractivity contribution >= 4 is 11.3 Å². The molecule has 2 nitrogen and oxygen atoms in total. The van der Waals surface area contributed by atoms with Crippen LogP contribution in [-0.4, -0.2) is 5.11 Å². The van der Waals surface area contributed by atoms with Gasteiger partial charge in [0.15, 0.2) is 0 Å². The standard InChI is InChI=1S/C18H16O2S/c1-13-10-11-21-18(13)17(19)14-6-5-9-16(12-14)20-15-7-3-2-4-8-15/h2-12,17,19H,1H3. The molecule has 0 amide bonds. The Labute approximate surface area is 128 Å². The van der Waals surface area contributed by atoms with Gasteiger partial charge in [-0.2, -0.15) is 0 Å². The van der Waals surface area contributed by atoms with Gasteiger partial charge in [-0.15, -0.1) is 11.3 Å². The van der Waals surface area contributed by atoms with E-state index in [0.29, 0.717) is 0 Å². The number of aliphatic hydroxyl groups excluding tert-OH is 1. The zero-order valence-electron chi connectivity index (χ0n) is 11.7. The third-order valence-electron chi connectivity index (χ3n) is 3.30. The Balaban J connectivity index is 1.85. The first kappa shape index (κ1) is 13.9. The topological polar surface area (TPSA) is 29.5 Å². The van der Waals surface area contributed by atoms with E-state index in [1.807, 2.05) is 73.0 Å². The van der Waals surface area contributed by atoms with Crippen molar-refractivity contribution in [2.75, 3.05) is 0 Å². The van der Waals surface area contributed by atoms with Crippen LogP contribution in [-0.2, 0) is 0 Å². The van der Waals surface area contributed by atoms with Gasteiger partial charge in [0.25, 0.3) is 0 Å². The van der Waals surface area contributed by atoms with Gasteiger partial charge in [-0.05, 0) is 53.8 Å². The molecule has 106 valence electrons. The first-order valence-corrected chi connectivity index (χ1v) is 7.67. The summed E-state index contributed by atoms with van der Waals surface area (Å²) in [5, 5.41) is 12.5. The van der Waals surface area contributed by atoms with Crippen molar-refractivity contribution in [1.82, 2.24) is 0 Å². The Bertz CT molecular complexity index is 719. The van der Waals surface area contributed by atoms with Crippen LogP contribution in [0.4, 0.5) is 0 Å². The van der Waals surface area contributed by atoms with Crippen molar-refractivity contribution in [3.8, 4) is 11.5 Å². The number of aryl methyl sites for hydroxylation is 1. The predicted molar refractivity (Wildman–Crippen MR) is 86.1 cm³/mol. The van der Waals surface area contributed by atoms with Crippen LogP contribution >= 0.6 is 11.3 Å². The summed E-state index contributed by atoms with van der Waals surface area (Å²) in [7, 11) is 0. The van der Waals surface area contributed by atoms with Gasteiger partial charge in [0, 0.05) is 4.88 Å². The smallest absolute Gasteiger partial charge is 0.127 e. The highest BCUT2D eigenvalue weighted by molar-refractivity contribution is 7.10. The van der Waals surface area contributed by atoms with E-state index in [4.69, 9.17) is 4.74 Å². The monoisotopic (exact) mass is 296 g/mol. The van der Waals surface area contributed by atoms with E-state index in [-0.39, 0.29) is 0 Å². The number of aliphatic hydroxyl groups is 1. The molecule has 1 atom stereocenters. The van der Waals surface area contributed by atoms with Crippen molar-refractivity contribution in [2.45, 2.75) is 13.0 Å². The molecule has 0 aliphatic carbocycles. The molecule has 1 aromatic heterocycles. The van der Waals surface area contributed by atoms with Crippen molar-refractivity contribution in [3.63, 3.8) is 0 Å². The zero-order chi connectivity index (χ0) is 14.7. The summed E-state index contributed by atoms with van der Waals surface area (Å²) in [4.78, 5) is 0.979. The lowest BCUT2D eigenvalue weighted by atomic mass is 10.1. The van der Waals surface area contributed by atoms with Gasteiger partial charge in [-0.3, -0.25) is 0 Å². The number of thiophene rings is 1. The largest absolute Gasteiger partial charge is 0.457 e. The van der Waals surface area contributed by atoms with Crippen LogP contribution in [0.25, 0.3) is 0 Å². The minimum absolute atomic E-state index is 0.607. The summed E-state index contributed by atoms with van der Waals surface area (Å²) in [5.74, 6) is 1.52. The maximum atomic E-state index is 10.5. The van der Waals surface area contributed by atoms with Crippen molar-refractivity contribution in [2.24, 2.45) is 0 Å². The quantitative estimate of drug-likeness (QED) is 0.739. The van der Waals surface area contributed by atoms with Gasteiger partial charge in [-0.25, -0.2) is 0 Å².